The number of carboxylic acids is 1. The highest BCUT2D eigenvalue weighted by atomic mass is 16.4. The van der Waals surface area contributed by atoms with Gasteiger partial charge in [-0.15, -0.1) is 0 Å². The Morgan fingerprint density at radius 1 is 0.966 bits per heavy atom. The van der Waals surface area contributed by atoms with E-state index >= 15 is 0 Å². The molecule has 2 aromatic rings. The minimum atomic E-state index is -1.27. The monoisotopic (exact) mass is 394 g/mol. The zero-order valence-electron chi connectivity index (χ0n) is 16.8. The molecule has 0 aliphatic carbocycles. The van der Waals surface area contributed by atoms with Crippen LogP contribution in [0.5, 0.6) is 0 Å². The van der Waals surface area contributed by atoms with Crippen LogP contribution in [0.2, 0.25) is 0 Å². The van der Waals surface area contributed by atoms with Crippen LogP contribution in [0.25, 0.3) is 11.8 Å². The molecule has 8 nitrogen and oxygen atoms in total. The minimum absolute atomic E-state index is 0.0532. The fourth-order valence-electron chi connectivity index (χ4n) is 3.41. The zero-order chi connectivity index (χ0) is 21.6. The van der Waals surface area contributed by atoms with E-state index in [9.17, 15) is 24.3 Å². The molecule has 4 amide bonds. The summed E-state index contributed by atoms with van der Waals surface area (Å²) in [5.41, 5.74) is 3.59. The lowest BCUT2D eigenvalue weighted by molar-refractivity contribution is -0.255. The SMILES string of the molecule is Cc1ccc(C(=O)[O-])cc1-n1c(C)cc(C=C2C(=O)N(C)C(=O)N(C)C2=O)c1C. The summed E-state index contributed by atoms with van der Waals surface area (Å²) in [6, 6.07) is 5.81. The molecule has 0 bridgehead atoms. The number of amides is 4. The summed E-state index contributed by atoms with van der Waals surface area (Å²) in [4.78, 5) is 49.8. The number of aryl methyl sites for hydroxylation is 2. The van der Waals surface area contributed by atoms with Crippen molar-refractivity contribution in [3.05, 3.63) is 57.9 Å². The van der Waals surface area contributed by atoms with Crippen LogP contribution in [0.3, 0.4) is 0 Å². The average Bonchev–Trinajstić information content (AvgIpc) is 2.95. The molecule has 0 spiro atoms. The first-order valence-corrected chi connectivity index (χ1v) is 8.87. The third kappa shape index (κ3) is 3.22. The lowest BCUT2D eigenvalue weighted by Crippen LogP contribution is -2.52. The third-order valence-electron chi connectivity index (χ3n) is 5.10. The van der Waals surface area contributed by atoms with E-state index in [-0.39, 0.29) is 11.1 Å². The van der Waals surface area contributed by atoms with Crippen LogP contribution in [-0.4, -0.2) is 52.3 Å². The number of imide groups is 2. The topological polar surface area (TPSA) is 103 Å². The third-order valence-corrected chi connectivity index (χ3v) is 5.10. The Morgan fingerprint density at radius 3 is 2.10 bits per heavy atom. The molecule has 1 aromatic carbocycles. The van der Waals surface area contributed by atoms with Crippen LogP contribution in [0.15, 0.2) is 29.8 Å². The molecule has 8 heteroatoms. The predicted molar refractivity (Wildman–Crippen MR) is 103 cm³/mol. The number of aromatic carboxylic acids is 1. The van der Waals surface area contributed by atoms with E-state index in [1.807, 2.05) is 18.4 Å². The van der Waals surface area contributed by atoms with Crippen LogP contribution in [0.1, 0.15) is 32.9 Å². The van der Waals surface area contributed by atoms with Gasteiger partial charge in [-0.2, -0.15) is 0 Å². The Bertz CT molecular complexity index is 1080. The molecule has 0 unspecified atom stereocenters. The molecule has 2 heterocycles. The number of rotatable bonds is 3. The summed E-state index contributed by atoms with van der Waals surface area (Å²) in [5, 5.41) is 11.3. The number of likely N-dealkylation sites (N-methyl/N-ethyl adjacent to an activating group) is 2. The molecule has 150 valence electrons. The number of carbonyl (C=O) groups excluding carboxylic acids is 4. The number of nitrogens with zero attached hydrogens (tertiary/aromatic N) is 3. The first kappa shape index (κ1) is 20.1. The summed E-state index contributed by atoms with van der Waals surface area (Å²) in [7, 11) is 2.64. The summed E-state index contributed by atoms with van der Waals surface area (Å²) < 4.78 is 1.85. The Morgan fingerprint density at radius 2 is 1.55 bits per heavy atom. The number of carboxylic acid groups (broad SMARTS) is 1. The molecule has 0 N–H and O–H groups in total. The normalized spacial score (nSPS) is 14.7. The minimum Gasteiger partial charge on any atom is -0.545 e. The highest BCUT2D eigenvalue weighted by Gasteiger charge is 2.38. The highest BCUT2D eigenvalue weighted by Crippen LogP contribution is 2.27. The van der Waals surface area contributed by atoms with Gasteiger partial charge in [0.2, 0.25) is 0 Å². The molecule has 1 fully saturated rings. The van der Waals surface area contributed by atoms with Gasteiger partial charge < -0.3 is 14.5 Å². The fourth-order valence-corrected chi connectivity index (χ4v) is 3.41. The van der Waals surface area contributed by atoms with Gasteiger partial charge in [-0.05, 0) is 55.7 Å². The second-order valence-electron chi connectivity index (χ2n) is 7.02. The maximum atomic E-state index is 12.5. The van der Waals surface area contributed by atoms with Gasteiger partial charge in [0.15, 0.2) is 0 Å². The van der Waals surface area contributed by atoms with Crippen molar-refractivity contribution in [3.8, 4) is 5.69 Å². The van der Waals surface area contributed by atoms with Gasteiger partial charge in [-0.1, -0.05) is 12.1 Å². The lowest BCUT2D eigenvalue weighted by atomic mass is 10.1. The van der Waals surface area contributed by atoms with Gasteiger partial charge in [0.05, 0.1) is 5.97 Å². The Labute approximate surface area is 167 Å². The summed E-state index contributed by atoms with van der Waals surface area (Å²) in [5.74, 6) is -2.61. The van der Waals surface area contributed by atoms with Gasteiger partial charge in [-0.25, -0.2) is 4.79 Å². The highest BCUT2D eigenvalue weighted by molar-refractivity contribution is 6.30. The largest absolute Gasteiger partial charge is 0.545 e. The smallest absolute Gasteiger partial charge is 0.333 e. The zero-order valence-corrected chi connectivity index (χ0v) is 16.8. The van der Waals surface area contributed by atoms with Gasteiger partial charge in [-0.3, -0.25) is 19.4 Å². The molecule has 1 aliphatic rings. The number of hydrogen-bond acceptors (Lipinski definition) is 5. The standard InChI is InChI=1S/C21H21N3O5/c1-11-6-7-14(20(27)28)10-17(11)24-12(2)8-15(13(24)3)9-16-18(25)22(4)21(29)23(5)19(16)26/h6-10H,1-5H3,(H,27,28)/p-1. The first-order chi connectivity index (χ1) is 13.5. The molecule has 0 radical (unpaired) electrons. The number of aromatic nitrogens is 1. The predicted octanol–water partition coefficient (Wildman–Crippen LogP) is 1.20. The summed E-state index contributed by atoms with van der Waals surface area (Å²) in [6.07, 6.45) is 1.46. The maximum Gasteiger partial charge on any atom is 0.333 e. The molecule has 29 heavy (non-hydrogen) atoms. The van der Waals surface area contributed by atoms with Crippen LogP contribution in [0.4, 0.5) is 4.79 Å². The van der Waals surface area contributed by atoms with E-state index in [1.54, 1.807) is 19.1 Å². The van der Waals surface area contributed by atoms with Crippen molar-refractivity contribution in [2.24, 2.45) is 0 Å². The van der Waals surface area contributed by atoms with Crippen molar-refractivity contribution in [1.82, 2.24) is 14.4 Å². The van der Waals surface area contributed by atoms with Gasteiger partial charge >= 0.3 is 6.03 Å². The maximum absolute atomic E-state index is 12.5. The quantitative estimate of drug-likeness (QED) is 0.575. The summed E-state index contributed by atoms with van der Waals surface area (Å²) in [6.45, 7) is 5.50. The van der Waals surface area contributed by atoms with E-state index in [2.05, 4.69) is 0 Å². The van der Waals surface area contributed by atoms with E-state index in [0.29, 0.717) is 11.3 Å². The van der Waals surface area contributed by atoms with Gasteiger partial charge in [0.1, 0.15) is 5.57 Å². The molecule has 1 aliphatic heterocycles. The number of urea groups is 1. The molecule has 1 saturated heterocycles. The van der Waals surface area contributed by atoms with Crippen molar-refractivity contribution < 1.29 is 24.3 Å². The van der Waals surface area contributed by atoms with Crippen LogP contribution in [-0.2, 0) is 9.59 Å². The Kier molecular flexibility index (Phi) is 4.88. The van der Waals surface area contributed by atoms with E-state index in [4.69, 9.17) is 0 Å². The number of benzene rings is 1. The molecule has 0 saturated carbocycles. The molecular formula is C21H20N3O5-. The average molecular weight is 394 g/mol. The van der Waals surface area contributed by atoms with Crippen molar-refractivity contribution in [3.63, 3.8) is 0 Å². The summed E-state index contributed by atoms with van der Waals surface area (Å²) >= 11 is 0. The van der Waals surface area contributed by atoms with Crippen molar-refractivity contribution in [2.45, 2.75) is 20.8 Å². The van der Waals surface area contributed by atoms with Gasteiger partial charge in [0.25, 0.3) is 11.8 Å². The lowest BCUT2D eigenvalue weighted by Gasteiger charge is -2.28. The second-order valence-corrected chi connectivity index (χ2v) is 7.02. The van der Waals surface area contributed by atoms with E-state index in [0.717, 1.165) is 26.8 Å². The number of hydrogen-bond donors (Lipinski definition) is 0. The fraction of sp³-hybridized carbons (Fsp3) is 0.238. The first-order valence-electron chi connectivity index (χ1n) is 8.87. The van der Waals surface area contributed by atoms with Crippen LogP contribution in [0, 0.1) is 20.8 Å². The molecule has 0 atom stereocenters. The van der Waals surface area contributed by atoms with Crippen molar-refractivity contribution >= 4 is 29.9 Å². The van der Waals surface area contributed by atoms with E-state index < -0.39 is 23.8 Å². The number of barbiturate groups is 1. The number of carbonyl (C=O) groups is 4. The van der Waals surface area contributed by atoms with Crippen LogP contribution < -0.4 is 5.11 Å². The molecular weight excluding hydrogens is 374 g/mol. The van der Waals surface area contributed by atoms with Gasteiger partial charge in [0, 0.05) is 31.2 Å². The van der Waals surface area contributed by atoms with E-state index in [1.165, 1.54) is 32.3 Å². The molecule has 3 rings (SSSR count). The Balaban J connectivity index is 2.14. The second kappa shape index (κ2) is 7.05. The van der Waals surface area contributed by atoms with Crippen molar-refractivity contribution in [1.29, 1.82) is 0 Å². The van der Waals surface area contributed by atoms with Crippen molar-refractivity contribution in [2.75, 3.05) is 14.1 Å². The van der Waals surface area contributed by atoms with Crippen LogP contribution >= 0.6 is 0 Å². The molecule has 1 aromatic heterocycles. The Hall–Kier alpha value is -3.68.